The molecule has 0 saturated heterocycles. The highest BCUT2D eigenvalue weighted by Crippen LogP contribution is 2.28. The topological polar surface area (TPSA) is 38.4 Å². The van der Waals surface area contributed by atoms with E-state index in [1.807, 2.05) is 32.1 Å². The SMILES string of the molecule is CC.CC(/C=C(\N)C(F)F)=Nc1cccc2c1C=CCP2.Cc1ccc(C(C)C)cc1. The molecular formula is C26H35F2N2P. The zero-order valence-corrected chi connectivity index (χ0v) is 20.4. The van der Waals surface area contributed by atoms with Gasteiger partial charge >= 0.3 is 0 Å². The third-order valence-electron chi connectivity index (χ3n) is 4.45. The highest BCUT2D eigenvalue weighted by atomic mass is 31.1. The molecule has 0 fully saturated rings. The van der Waals surface area contributed by atoms with Crippen molar-refractivity contribution in [3.63, 3.8) is 0 Å². The fourth-order valence-electron chi connectivity index (χ4n) is 2.80. The molecule has 2 nitrogen and oxygen atoms in total. The Morgan fingerprint density at radius 2 is 1.74 bits per heavy atom. The summed E-state index contributed by atoms with van der Waals surface area (Å²) in [7, 11) is 0.742. The molecule has 0 aliphatic carbocycles. The first-order chi connectivity index (χ1) is 14.8. The molecule has 1 heterocycles. The second kappa shape index (κ2) is 13.9. The maximum absolute atomic E-state index is 12.3. The number of benzene rings is 2. The monoisotopic (exact) mass is 444 g/mol. The highest BCUT2D eigenvalue weighted by Gasteiger charge is 2.09. The van der Waals surface area contributed by atoms with Crippen molar-refractivity contribution in [3.8, 4) is 0 Å². The van der Waals surface area contributed by atoms with E-state index in [1.165, 1.54) is 22.5 Å². The van der Waals surface area contributed by atoms with Crippen LogP contribution < -0.4 is 11.0 Å². The van der Waals surface area contributed by atoms with Gasteiger partial charge in [-0.05, 0) is 48.9 Å². The summed E-state index contributed by atoms with van der Waals surface area (Å²) in [6, 6.07) is 14.6. The molecule has 3 rings (SSSR count). The second-order valence-corrected chi connectivity index (χ2v) is 8.59. The number of aliphatic imine (C=N–C) groups is 1. The molecule has 0 radical (unpaired) electrons. The molecule has 2 N–H and O–H groups in total. The summed E-state index contributed by atoms with van der Waals surface area (Å²) in [6.07, 6.45) is 3.78. The largest absolute Gasteiger partial charge is 0.397 e. The molecule has 2 aromatic rings. The minimum Gasteiger partial charge on any atom is -0.397 e. The Balaban J connectivity index is 0.000000337. The molecule has 1 aliphatic heterocycles. The first-order valence-corrected chi connectivity index (χ1v) is 11.9. The molecule has 1 unspecified atom stereocenters. The summed E-state index contributed by atoms with van der Waals surface area (Å²) < 4.78 is 24.7. The normalized spacial score (nSPS) is 14.0. The molecule has 31 heavy (non-hydrogen) atoms. The Kier molecular flexibility index (Phi) is 12.0. The lowest BCUT2D eigenvalue weighted by atomic mass is 10.0. The van der Waals surface area contributed by atoms with Crippen molar-refractivity contribution < 1.29 is 8.78 Å². The van der Waals surface area contributed by atoms with Gasteiger partial charge in [-0.2, -0.15) is 0 Å². The number of aryl methyl sites for hydroxylation is 1. The zero-order chi connectivity index (χ0) is 23.4. The minimum atomic E-state index is -2.64. The van der Waals surface area contributed by atoms with Crippen LogP contribution in [0.3, 0.4) is 0 Å². The molecule has 0 saturated carbocycles. The molecule has 0 spiro atoms. The van der Waals surface area contributed by atoms with Gasteiger partial charge in [0.1, 0.15) is 0 Å². The van der Waals surface area contributed by atoms with Crippen LogP contribution in [-0.2, 0) is 0 Å². The first kappa shape index (κ1) is 26.7. The zero-order valence-electron chi connectivity index (χ0n) is 19.4. The first-order valence-electron chi connectivity index (χ1n) is 10.7. The lowest BCUT2D eigenvalue weighted by Crippen LogP contribution is -2.09. The Morgan fingerprint density at radius 1 is 1.10 bits per heavy atom. The number of hydrogen-bond donors (Lipinski definition) is 1. The van der Waals surface area contributed by atoms with Crippen LogP contribution in [0.25, 0.3) is 6.08 Å². The van der Waals surface area contributed by atoms with E-state index in [1.54, 1.807) is 6.92 Å². The summed E-state index contributed by atoms with van der Waals surface area (Å²) in [6.45, 7) is 12.2. The van der Waals surface area contributed by atoms with Gasteiger partial charge in [0.15, 0.2) is 0 Å². The summed E-state index contributed by atoms with van der Waals surface area (Å²) in [5.41, 5.74) is 9.89. The summed E-state index contributed by atoms with van der Waals surface area (Å²) in [5, 5.41) is 1.27. The second-order valence-electron chi connectivity index (χ2n) is 7.29. The molecule has 5 heteroatoms. The van der Waals surface area contributed by atoms with Crippen molar-refractivity contribution in [2.24, 2.45) is 10.7 Å². The van der Waals surface area contributed by atoms with E-state index < -0.39 is 12.1 Å². The molecule has 1 aliphatic rings. The van der Waals surface area contributed by atoms with E-state index in [2.05, 4.69) is 62.2 Å². The van der Waals surface area contributed by atoms with Crippen molar-refractivity contribution in [1.29, 1.82) is 0 Å². The van der Waals surface area contributed by atoms with Gasteiger partial charge in [0, 0.05) is 11.3 Å². The third-order valence-corrected chi connectivity index (χ3v) is 5.70. The van der Waals surface area contributed by atoms with E-state index in [-0.39, 0.29) is 0 Å². The molecule has 0 aromatic heterocycles. The average molecular weight is 445 g/mol. The van der Waals surface area contributed by atoms with E-state index in [9.17, 15) is 8.78 Å². The van der Waals surface area contributed by atoms with Crippen molar-refractivity contribution >= 4 is 31.4 Å². The van der Waals surface area contributed by atoms with E-state index >= 15 is 0 Å². The quantitative estimate of drug-likeness (QED) is 0.388. The average Bonchev–Trinajstić information content (AvgIpc) is 2.76. The smallest absolute Gasteiger partial charge is 0.277 e. The van der Waals surface area contributed by atoms with E-state index in [4.69, 9.17) is 5.73 Å². The lowest BCUT2D eigenvalue weighted by molar-refractivity contribution is 0.188. The van der Waals surface area contributed by atoms with Gasteiger partial charge in [0.05, 0.1) is 11.4 Å². The van der Waals surface area contributed by atoms with Gasteiger partial charge in [-0.3, -0.25) is 4.99 Å². The number of allylic oxidation sites excluding steroid dienone is 3. The van der Waals surface area contributed by atoms with Gasteiger partial charge < -0.3 is 5.73 Å². The van der Waals surface area contributed by atoms with Crippen molar-refractivity contribution in [2.75, 3.05) is 6.16 Å². The number of nitrogens with two attached hydrogens (primary N) is 1. The predicted octanol–water partition coefficient (Wildman–Crippen LogP) is 7.36. The number of fused-ring (bicyclic) bond motifs is 1. The third kappa shape index (κ3) is 9.14. The number of halogens is 2. The van der Waals surface area contributed by atoms with Crippen LogP contribution in [0.15, 0.2) is 65.3 Å². The van der Waals surface area contributed by atoms with Crippen LogP contribution in [0, 0.1) is 6.92 Å². The number of hydrogen-bond acceptors (Lipinski definition) is 2. The highest BCUT2D eigenvalue weighted by molar-refractivity contribution is 7.47. The summed E-state index contributed by atoms with van der Waals surface area (Å²) in [4.78, 5) is 4.37. The van der Waals surface area contributed by atoms with Crippen LogP contribution in [0.5, 0.6) is 0 Å². The molecule has 0 bridgehead atoms. The maximum Gasteiger partial charge on any atom is 0.277 e. The van der Waals surface area contributed by atoms with Crippen molar-refractivity contribution in [2.45, 2.75) is 53.9 Å². The van der Waals surface area contributed by atoms with Gasteiger partial charge in [0.2, 0.25) is 0 Å². The molecular weight excluding hydrogens is 409 g/mol. The standard InChI is InChI=1S/C14H15F2N2P.C10H14.C2H6/c1-9(8-11(17)14(15)16)18-12-5-2-6-13-10(12)4-3-7-19-13;1-8(2)10-6-4-9(3)5-7-10;1-2/h2-6,8,14,19H,7,17H2,1H3;4-8H,1-3H3;1-2H3/b11-8-,18-9?;;. The minimum absolute atomic E-state index is 0.455. The fraction of sp³-hybridized carbons (Fsp3) is 0.346. The van der Waals surface area contributed by atoms with Crippen molar-refractivity contribution in [1.82, 2.24) is 0 Å². The Hall–Kier alpha value is -2.32. The lowest BCUT2D eigenvalue weighted by Gasteiger charge is -2.12. The van der Waals surface area contributed by atoms with Gasteiger partial charge in [0.25, 0.3) is 6.43 Å². The van der Waals surface area contributed by atoms with Gasteiger partial charge in [-0.15, -0.1) is 0 Å². The van der Waals surface area contributed by atoms with Crippen LogP contribution in [-0.4, -0.2) is 18.3 Å². The fourth-order valence-corrected chi connectivity index (χ4v) is 3.87. The predicted molar refractivity (Wildman–Crippen MR) is 136 cm³/mol. The maximum atomic E-state index is 12.3. The number of alkyl halides is 2. The van der Waals surface area contributed by atoms with Crippen LogP contribution in [0.1, 0.15) is 57.2 Å². The molecule has 168 valence electrons. The summed E-state index contributed by atoms with van der Waals surface area (Å²) in [5.74, 6) is 0.653. The van der Waals surface area contributed by atoms with Crippen molar-refractivity contribution in [3.05, 3.63) is 77.0 Å². The van der Waals surface area contributed by atoms with Crippen LogP contribution in [0.2, 0.25) is 0 Å². The Bertz CT molecular complexity index is 898. The van der Waals surface area contributed by atoms with Crippen LogP contribution in [0.4, 0.5) is 14.5 Å². The Morgan fingerprint density at radius 3 is 2.32 bits per heavy atom. The Labute approximate surface area is 188 Å². The van der Waals surface area contributed by atoms with Gasteiger partial charge in [-0.1, -0.05) is 90.4 Å². The summed E-state index contributed by atoms with van der Waals surface area (Å²) >= 11 is 0. The van der Waals surface area contributed by atoms with E-state index in [0.717, 1.165) is 26.0 Å². The number of rotatable bonds is 4. The van der Waals surface area contributed by atoms with Gasteiger partial charge in [-0.25, -0.2) is 8.78 Å². The molecule has 2 aromatic carbocycles. The van der Waals surface area contributed by atoms with Crippen LogP contribution >= 0.6 is 8.58 Å². The molecule has 0 amide bonds. The molecule has 1 atom stereocenters. The number of nitrogens with zero attached hydrogens (tertiary/aromatic N) is 1. The van der Waals surface area contributed by atoms with E-state index in [0.29, 0.717) is 11.6 Å².